The molecule has 5 nitrogen and oxygen atoms in total. The van der Waals surface area contributed by atoms with E-state index in [9.17, 15) is 14.8 Å². The molecule has 0 aromatic carbocycles. The zero-order valence-electron chi connectivity index (χ0n) is 14.6. The molecule has 1 amide bonds. The number of nitrogens with zero attached hydrogens (tertiary/aromatic N) is 2. The van der Waals surface area contributed by atoms with Gasteiger partial charge in [-0.2, -0.15) is 0 Å². The van der Waals surface area contributed by atoms with Crippen molar-refractivity contribution in [3.8, 4) is 0 Å². The van der Waals surface area contributed by atoms with Crippen molar-refractivity contribution < 1.29 is 14.8 Å². The van der Waals surface area contributed by atoms with Crippen LogP contribution in [0, 0.1) is 12.8 Å². The lowest BCUT2D eigenvalue weighted by Gasteiger charge is -2.31. The molecule has 1 aliphatic rings. The molecule has 0 aliphatic carbocycles. The van der Waals surface area contributed by atoms with Gasteiger partial charge in [0.2, 0.25) is 5.91 Å². The van der Waals surface area contributed by atoms with Gasteiger partial charge in [-0.25, -0.2) is 4.98 Å². The first-order valence-corrected chi connectivity index (χ1v) is 8.15. The summed E-state index contributed by atoms with van der Waals surface area (Å²) in [7, 11) is -1.54. The summed E-state index contributed by atoms with van der Waals surface area (Å²) in [5.74, 6) is 0.598. The molecule has 1 unspecified atom stereocenters. The molecule has 2 rings (SSSR count). The Balaban J connectivity index is 0. The molecular weight excluding hydrogens is 291 g/mol. The van der Waals surface area contributed by atoms with E-state index in [2.05, 4.69) is 4.98 Å². The molecule has 1 atom stereocenters. The number of hydrogen-bond acceptors (Lipinski definition) is 4. The van der Waals surface area contributed by atoms with Crippen molar-refractivity contribution in [2.75, 3.05) is 11.4 Å². The smallest absolute Gasteiger partial charge is 0.423 e. The first-order chi connectivity index (χ1) is 10.5. The Labute approximate surface area is 141 Å². The molecule has 1 aromatic heterocycles. The van der Waals surface area contributed by atoms with E-state index in [0.717, 1.165) is 12.8 Å². The van der Waals surface area contributed by atoms with Crippen molar-refractivity contribution in [1.29, 1.82) is 0 Å². The fourth-order valence-corrected chi connectivity index (χ4v) is 2.36. The standard InChI is InChI=1S/C12H17BN2O3.2C2H6.CH4/c1-8-4-3-7-15(12(8)16)11-9(2)10(13(17)18)5-6-14-11;2*1-2;/h5-6,8,17-18H,3-4,7H2,1-2H3;2*1-2H3;1H4. The van der Waals surface area contributed by atoms with E-state index in [0.29, 0.717) is 23.4 Å². The maximum absolute atomic E-state index is 12.1. The molecule has 132 valence electrons. The average Bonchev–Trinajstić information content (AvgIpc) is 2.54. The highest BCUT2D eigenvalue weighted by molar-refractivity contribution is 6.59. The lowest BCUT2D eigenvalue weighted by Crippen LogP contribution is -2.43. The van der Waals surface area contributed by atoms with Crippen LogP contribution in [-0.2, 0) is 4.79 Å². The van der Waals surface area contributed by atoms with E-state index in [1.807, 2.05) is 34.6 Å². The molecule has 1 saturated heterocycles. The maximum Gasteiger partial charge on any atom is 0.488 e. The Morgan fingerprint density at radius 3 is 2.35 bits per heavy atom. The highest BCUT2D eigenvalue weighted by Gasteiger charge is 2.29. The van der Waals surface area contributed by atoms with Gasteiger partial charge in [0.05, 0.1) is 0 Å². The van der Waals surface area contributed by atoms with E-state index in [-0.39, 0.29) is 19.3 Å². The molecule has 0 bridgehead atoms. The summed E-state index contributed by atoms with van der Waals surface area (Å²) >= 11 is 0. The number of pyridine rings is 1. The van der Waals surface area contributed by atoms with Gasteiger partial charge in [0.15, 0.2) is 0 Å². The zero-order chi connectivity index (χ0) is 17.3. The van der Waals surface area contributed by atoms with Crippen LogP contribution in [0.3, 0.4) is 0 Å². The van der Waals surface area contributed by atoms with Crippen LogP contribution >= 0.6 is 0 Å². The summed E-state index contributed by atoms with van der Waals surface area (Å²) in [5.41, 5.74) is 1.04. The Kier molecular flexibility index (Phi) is 12.5. The molecular formula is C17H33BN2O3. The molecule has 0 radical (unpaired) electrons. The van der Waals surface area contributed by atoms with Crippen LogP contribution in [-0.4, -0.2) is 34.6 Å². The number of anilines is 1. The van der Waals surface area contributed by atoms with Crippen molar-refractivity contribution in [3.63, 3.8) is 0 Å². The molecule has 2 N–H and O–H groups in total. The summed E-state index contributed by atoms with van der Waals surface area (Å²) in [6.07, 6.45) is 3.35. The lowest BCUT2D eigenvalue weighted by molar-refractivity contribution is -0.123. The van der Waals surface area contributed by atoms with Gasteiger partial charge < -0.3 is 10.0 Å². The van der Waals surface area contributed by atoms with Crippen molar-refractivity contribution in [3.05, 3.63) is 17.8 Å². The van der Waals surface area contributed by atoms with Crippen LogP contribution in [0.15, 0.2) is 12.3 Å². The van der Waals surface area contributed by atoms with E-state index < -0.39 is 7.12 Å². The van der Waals surface area contributed by atoms with E-state index in [1.54, 1.807) is 17.9 Å². The van der Waals surface area contributed by atoms with Crippen molar-refractivity contribution in [2.24, 2.45) is 5.92 Å². The molecule has 6 heteroatoms. The summed E-state index contributed by atoms with van der Waals surface area (Å²) in [6, 6.07) is 1.56. The summed E-state index contributed by atoms with van der Waals surface area (Å²) in [4.78, 5) is 18.0. The summed E-state index contributed by atoms with van der Waals surface area (Å²) in [6.45, 7) is 12.3. The normalized spacial score (nSPS) is 16.3. The third-order valence-electron chi connectivity index (χ3n) is 3.46. The third-order valence-corrected chi connectivity index (χ3v) is 3.46. The minimum Gasteiger partial charge on any atom is -0.423 e. The highest BCUT2D eigenvalue weighted by Crippen LogP contribution is 2.24. The summed E-state index contributed by atoms with van der Waals surface area (Å²) < 4.78 is 0. The molecule has 1 aromatic rings. The van der Waals surface area contributed by atoms with Crippen LogP contribution in [0.5, 0.6) is 0 Å². The third kappa shape index (κ3) is 5.96. The molecule has 0 saturated carbocycles. The molecule has 2 heterocycles. The minimum absolute atomic E-state index is 0. The fraction of sp³-hybridized carbons (Fsp3) is 0.647. The monoisotopic (exact) mass is 324 g/mol. The largest absolute Gasteiger partial charge is 0.488 e. The van der Waals surface area contributed by atoms with E-state index in [4.69, 9.17) is 0 Å². The molecule has 1 aliphatic heterocycles. The highest BCUT2D eigenvalue weighted by atomic mass is 16.4. The molecule has 1 fully saturated rings. The van der Waals surface area contributed by atoms with Gasteiger partial charge in [-0.05, 0) is 36.9 Å². The predicted molar refractivity (Wildman–Crippen MR) is 99.0 cm³/mol. The van der Waals surface area contributed by atoms with Gasteiger partial charge >= 0.3 is 7.12 Å². The Morgan fingerprint density at radius 1 is 1.26 bits per heavy atom. The van der Waals surface area contributed by atoms with Crippen molar-refractivity contribution >= 4 is 24.3 Å². The maximum atomic E-state index is 12.1. The second kappa shape index (κ2) is 12.1. The van der Waals surface area contributed by atoms with Crippen LogP contribution in [0.4, 0.5) is 5.82 Å². The van der Waals surface area contributed by atoms with Crippen LogP contribution in [0.1, 0.15) is 60.5 Å². The first kappa shape index (κ1) is 23.9. The van der Waals surface area contributed by atoms with Crippen LogP contribution in [0.25, 0.3) is 0 Å². The number of carbonyl (C=O) groups excluding carboxylic acids is 1. The van der Waals surface area contributed by atoms with E-state index >= 15 is 0 Å². The molecule has 0 spiro atoms. The first-order valence-electron chi connectivity index (χ1n) is 8.15. The quantitative estimate of drug-likeness (QED) is 0.820. The van der Waals surface area contributed by atoms with E-state index in [1.165, 1.54) is 6.20 Å². The number of aromatic nitrogens is 1. The van der Waals surface area contributed by atoms with Gasteiger partial charge in [-0.1, -0.05) is 42.0 Å². The van der Waals surface area contributed by atoms with Crippen molar-refractivity contribution in [2.45, 2.75) is 61.8 Å². The number of carbonyl (C=O) groups is 1. The van der Waals surface area contributed by atoms with Gasteiger partial charge in [0.25, 0.3) is 0 Å². The Bertz CT molecular complexity index is 467. The number of amides is 1. The zero-order valence-corrected chi connectivity index (χ0v) is 14.6. The van der Waals surface area contributed by atoms with Gasteiger partial charge in [-0.15, -0.1) is 0 Å². The fourth-order valence-electron chi connectivity index (χ4n) is 2.36. The number of rotatable bonds is 2. The van der Waals surface area contributed by atoms with Crippen molar-refractivity contribution in [1.82, 2.24) is 4.98 Å². The van der Waals surface area contributed by atoms with Crippen LogP contribution < -0.4 is 10.4 Å². The minimum atomic E-state index is -1.54. The van der Waals surface area contributed by atoms with Crippen LogP contribution in [0.2, 0.25) is 0 Å². The summed E-state index contributed by atoms with van der Waals surface area (Å²) in [5, 5.41) is 18.5. The van der Waals surface area contributed by atoms with Gasteiger partial charge in [0, 0.05) is 18.7 Å². The SMILES string of the molecule is C.CC.CC.Cc1c(B(O)O)ccnc1N1CCCC(C)C1=O. The Hall–Kier alpha value is -1.40. The molecule has 23 heavy (non-hydrogen) atoms. The number of hydrogen-bond donors (Lipinski definition) is 2. The van der Waals surface area contributed by atoms with Gasteiger partial charge in [0.1, 0.15) is 5.82 Å². The topological polar surface area (TPSA) is 73.7 Å². The Morgan fingerprint density at radius 2 is 1.83 bits per heavy atom. The second-order valence-electron chi connectivity index (χ2n) is 4.76. The lowest BCUT2D eigenvalue weighted by atomic mass is 9.78. The second-order valence-corrected chi connectivity index (χ2v) is 4.76. The number of piperidine rings is 1. The predicted octanol–water partition coefficient (Wildman–Crippen LogP) is 2.52. The van der Waals surface area contributed by atoms with Gasteiger partial charge in [-0.3, -0.25) is 9.69 Å². The average molecular weight is 324 g/mol.